The summed E-state index contributed by atoms with van der Waals surface area (Å²) < 4.78 is 0. The minimum atomic E-state index is -0.542. The van der Waals surface area contributed by atoms with E-state index in [0.29, 0.717) is 5.95 Å². The van der Waals surface area contributed by atoms with Crippen LogP contribution in [0.4, 0.5) is 5.95 Å². The largest absolute Gasteiger partial charge is 0.331 e. The molecule has 0 saturated heterocycles. The van der Waals surface area contributed by atoms with Crippen molar-refractivity contribution in [3.8, 4) is 0 Å². The van der Waals surface area contributed by atoms with E-state index < -0.39 is 5.38 Å². The second-order valence-electron chi connectivity index (χ2n) is 2.04. The standard InChI is InChI=1S/C6H8ClN3O/c1-4(7)5(11)10-6-8-2-3-9-6/h2-4H,1H3,(H2,8,9,10,11). The van der Waals surface area contributed by atoms with Crippen molar-refractivity contribution in [3.63, 3.8) is 0 Å². The monoisotopic (exact) mass is 173 g/mol. The number of aromatic amines is 1. The lowest BCUT2D eigenvalue weighted by Gasteiger charge is -2.01. The molecule has 60 valence electrons. The van der Waals surface area contributed by atoms with Gasteiger partial charge in [0.1, 0.15) is 5.38 Å². The summed E-state index contributed by atoms with van der Waals surface area (Å²) in [7, 11) is 0. The molecule has 1 unspecified atom stereocenters. The van der Waals surface area contributed by atoms with Crippen LogP contribution in [0.1, 0.15) is 6.92 Å². The Morgan fingerprint density at radius 1 is 1.91 bits per heavy atom. The molecule has 1 heterocycles. The minimum Gasteiger partial charge on any atom is -0.331 e. The van der Waals surface area contributed by atoms with Gasteiger partial charge in [-0.2, -0.15) is 0 Å². The van der Waals surface area contributed by atoms with E-state index in [0.717, 1.165) is 0 Å². The maximum Gasteiger partial charge on any atom is 0.244 e. The van der Waals surface area contributed by atoms with Gasteiger partial charge in [-0.1, -0.05) is 0 Å². The zero-order valence-corrected chi connectivity index (χ0v) is 6.72. The highest BCUT2D eigenvalue weighted by Crippen LogP contribution is 1.99. The molecular formula is C6H8ClN3O. The number of H-pyrrole nitrogens is 1. The van der Waals surface area contributed by atoms with Gasteiger partial charge in [-0.25, -0.2) is 4.98 Å². The lowest BCUT2D eigenvalue weighted by Crippen LogP contribution is -2.20. The number of aromatic nitrogens is 2. The maximum absolute atomic E-state index is 10.9. The second kappa shape index (κ2) is 3.39. The Bertz CT molecular complexity index is 232. The molecule has 1 rings (SSSR count). The first kappa shape index (κ1) is 8.07. The number of hydrogen-bond donors (Lipinski definition) is 2. The minimum absolute atomic E-state index is 0.262. The molecule has 2 N–H and O–H groups in total. The van der Waals surface area contributed by atoms with Crippen LogP contribution in [0.25, 0.3) is 0 Å². The van der Waals surface area contributed by atoms with Crippen LogP contribution < -0.4 is 5.32 Å². The number of nitrogens with one attached hydrogen (secondary N) is 2. The van der Waals surface area contributed by atoms with E-state index in [4.69, 9.17) is 11.6 Å². The number of carbonyl (C=O) groups is 1. The van der Waals surface area contributed by atoms with E-state index in [2.05, 4.69) is 15.3 Å². The highest BCUT2D eigenvalue weighted by molar-refractivity contribution is 6.32. The number of anilines is 1. The fourth-order valence-electron chi connectivity index (χ4n) is 0.550. The van der Waals surface area contributed by atoms with Crippen LogP contribution in [0.15, 0.2) is 12.4 Å². The summed E-state index contributed by atoms with van der Waals surface area (Å²) in [5.41, 5.74) is 0. The molecule has 4 nitrogen and oxygen atoms in total. The smallest absolute Gasteiger partial charge is 0.244 e. The van der Waals surface area contributed by atoms with Crippen LogP contribution >= 0.6 is 11.6 Å². The number of hydrogen-bond acceptors (Lipinski definition) is 2. The van der Waals surface area contributed by atoms with Crippen LogP contribution in [0, 0.1) is 0 Å². The van der Waals surface area contributed by atoms with Gasteiger partial charge in [0.05, 0.1) is 0 Å². The number of carbonyl (C=O) groups excluding carboxylic acids is 1. The van der Waals surface area contributed by atoms with Gasteiger partial charge in [0, 0.05) is 12.4 Å². The van der Waals surface area contributed by atoms with E-state index in [1.807, 2.05) is 0 Å². The molecule has 0 aromatic carbocycles. The number of rotatable bonds is 2. The Balaban J connectivity index is 2.50. The molecule has 1 aromatic rings. The molecule has 0 radical (unpaired) electrons. The summed E-state index contributed by atoms with van der Waals surface area (Å²) in [5, 5.41) is 1.94. The number of nitrogens with zero attached hydrogens (tertiary/aromatic N) is 1. The predicted octanol–water partition coefficient (Wildman–Crippen LogP) is 0.975. The maximum atomic E-state index is 10.9. The molecule has 0 saturated carbocycles. The molecule has 1 amide bonds. The number of amides is 1. The molecule has 11 heavy (non-hydrogen) atoms. The predicted molar refractivity (Wildman–Crippen MR) is 42.5 cm³/mol. The molecule has 0 aliphatic rings. The molecular weight excluding hydrogens is 166 g/mol. The van der Waals surface area contributed by atoms with Gasteiger partial charge in [-0.3, -0.25) is 10.1 Å². The number of alkyl halides is 1. The fraction of sp³-hybridized carbons (Fsp3) is 0.333. The zero-order chi connectivity index (χ0) is 8.27. The normalized spacial score (nSPS) is 12.5. The van der Waals surface area contributed by atoms with Crippen molar-refractivity contribution < 1.29 is 4.79 Å². The Labute approximate surface area is 69.0 Å². The van der Waals surface area contributed by atoms with Gasteiger partial charge >= 0.3 is 0 Å². The molecule has 1 atom stereocenters. The number of imidazole rings is 1. The van der Waals surface area contributed by atoms with Crippen LogP contribution in [0.3, 0.4) is 0 Å². The average Bonchev–Trinajstić information content (AvgIpc) is 2.39. The first-order valence-electron chi connectivity index (χ1n) is 3.14. The SMILES string of the molecule is CC(Cl)C(=O)Nc1ncc[nH]1. The van der Waals surface area contributed by atoms with Crippen molar-refractivity contribution in [2.45, 2.75) is 12.3 Å². The van der Waals surface area contributed by atoms with E-state index in [1.54, 1.807) is 19.3 Å². The van der Waals surface area contributed by atoms with Gasteiger partial charge in [-0.15, -0.1) is 11.6 Å². The Hall–Kier alpha value is -1.03. The third kappa shape index (κ3) is 2.23. The number of halogens is 1. The van der Waals surface area contributed by atoms with Crippen molar-refractivity contribution in [3.05, 3.63) is 12.4 Å². The van der Waals surface area contributed by atoms with Crippen LogP contribution in [-0.4, -0.2) is 21.3 Å². The van der Waals surface area contributed by atoms with E-state index in [9.17, 15) is 4.79 Å². The fourth-order valence-corrected chi connectivity index (χ4v) is 0.604. The average molecular weight is 174 g/mol. The third-order valence-electron chi connectivity index (χ3n) is 1.10. The molecule has 5 heteroatoms. The first-order chi connectivity index (χ1) is 5.20. The third-order valence-corrected chi connectivity index (χ3v) is 1.30. The van der Waals surface area contributed by atoms with Crippen LogP contribution in [-0.2, 0) is 4.79 Å². The van der Waals surface area contributed by atoms with Crippen LogP contribution in [0.5, 0.6) is 0 Å². The first-order valence-corrected chi connectivity index (χ1v) is 3.58. The van der Waals surface area contributed by atoms with E-state index >= 15 is 0 Å². The van der Waals surface area contributed by atoms with Crippen molar-refractivity contribution in [1.82, 2.24) is 9.97 Å². The Morgan fingerprint density at radius 2 is 2.64 bits per heavy atom. The second-order valence-corrected chi connectivity index (χ2v) is 2.70. The highest BCUT2D eigenvalue weighted by atomic mass is 35.5. The molecule has 0 spiro atoms. The van der Waals surface area contributed by atoms with Crippen LogP contribution in [0.2, 0.25) is 0 Å². The topological polar surface area (TPSA) is 57.8 Å². The zero-order valence-electron chi connectivity index (χ0n) is 5.97. The summed E-state index contributed by atoms with van der Waals surface area (Å²) in [5.74, 6) is 0.157. The molecule has 0 fully saturated rings. The summed E-state index contributed by atoms with van der Waals surface area (Å²) >= 11 is 5.49. The highest BCUT2D eigenvalue weighted by Gasteiger charge is 2.09. The summed E-state index contributed by atoms with van der Waals surface area (Å²) in [6.07, 6.45) is 3.17. The van der Waals surface area contributed by atoms with Gasteiger partial charge in [0.25, 0.3) is 0 Å². The summed E-state index contributed by atoms with van der Waals surface area (Å²) in [4.78, 5) is 17.4. The van der Waals surface area contributed by atoms with E-state index in [-0.39, 0.29) is 5.91 Å². The molecule has 0 aliphatic heterocycles. The summed E-state index contributed by atoms with van der Waals surface area (Å²) in [6, 6.07) is 0. The van der Waals surface area contributed by atoms with Gasteiger partial charge in [0.15, 0.2) is 0 Å². The van der Waals surface area contributed by atoms with Gasteiger partial charge in [-0.05, 0) is 6.92 Å². The summed E-state index contributed by atoms with van der Waals surface area (Å²) in [6.45, 7) is 1.60. The van der Waals surface area contributed by atoms with Gasteiger partial charge in [0.2, 0.25) is 11.9 Å². The van der Waals surface area contributed by atoms with Gasteiger partial charge < -0.3 is 4.98 Å². The molecule has 1 aromatic heterocycles. The Kier molecular flexibility index (Phi) is 2.48. The molecule has 0 bridgehead atoms. The molecule has 0 aliphatic carbocycles. The Morgan fingerprint density at radius 3 is 3.09 bits per heavy atom. The quantitative estimate of drug-likeness (QED) is 0.655. The van der Waals surface area contributed by atoms with Crippen molar-refractivity contribution in [2.75, 3.05) is 5.32 Å². The van der Waals surface area contributed by atoms with Crippen molar-refractivity contribution in [1.29, 1.82) is 0 Å². The lowest BCUT2D eigenvalue weighted by molar-refractivity contribution is -0.115. The lowest BCUT2D eigenvalue weighted by atomic mass is 10.4. The van der Waals surface area contributed by atoms with E-state index in [1.165, 1.54) is 0 Å². The van der Waals surface area contributed by atoms with Crippen molar-refractivity contribution in [2.24, 2.45) is 0 Å². The van der Waals surface area contributed by atoms with Crippen molar-refractivity contribution >= 4 is 23.5 Å².